The summed E-state index contributed by atoms with van der Waals surface area (Å²) in [4.78, 5) is 19.1. The summed E-state index contributed by atoms with van der Waals surface area (Å²) in [5.74, 6) is 1.69. The topological polar surface area (TPSA) is 57.7 Å². The number of unbranched alkanes of at least 4 members (excludes halogenated alkanes) is 1. The molecule has 0 unspecified atom stereocenters. The number of hydrogen-bond acceptors (Lipinski definition) is 4. The van der Waals surface area contributed by atoms with Gasteiger partial charge in [0, 0.05) is 49.4 Å². The third kappa shape index (κ3) is 3.91. The Balaban J connectivity index is 1.48. The minimum atomic E-state index is 0.562. The molecular weight excluding hydrogens is 274 g/mol. The highest BCUT2D eigenvalue weighted by atomic mass is 15.1. The number of imidazole rings is 1. The van der Waals surface area contributed by atoms with Gasteiger partial charge in [0.15, 0.2) is 0 Å². The van der Waals surface area contributed by atoms with Gasteiger partial charge >= 0.3 is 0 Å². The second kappa shape index (κ2) is 7.49. The van der Waals surface area contributed by atoms with E-state index in [1.807, 2.05) is 12.4 Å². The van der Waals surface area contributed by atoms with Crippen LogP contribution in [0.4, 0.5) is 0 Å². The molecule has 22 heavy (non-hydrogen) atoms. The highest BCUT2D eigenvalue weighted by molar-refractivity contribution is 5.06. The van der Waals surface area contributed by atoms with Crippen LogP contribution in [0.2, 0.25) is 0 Å². The molecule has 0 amide bonds. The molecule has 1 saturated heterocycles. The predicted octanol–water partition coefficient (Wildman–Crippen LogP) is 2.92. The van der Waals surface area contributed by atoms with Crippen LogP contribution in [0.25, 0.3) is 0 Å². The summed E-state index contributed by atoms with van der Waals surface area (Å²) in [6.45, 7) is 5.42. The molecule has 0 spiro atoms. The van der Waals surface area contributed by atoms with Gasteiger partial charge in [0.05, 0.1) is 5.69 Å². The molecule has 0 atom stereocenters. The van der Waals surface area contributed by atoms with Crippen LogP contribution in [-0.4, -0.2) is 37.9 Å². The van der Waals surface area contributed by atoms with E-state index in [-0.39, 0.29) is 0 Å². The van der Waals surface area contributed by atoms with Crippen molar-refractivity contribution in [2.45, 2.75) is 51.5 Å². The van der Waals surface area contributed by atoms with E-state index in [9.17, 15) is 0 Å². The van der Waals surface area contributed by atoms with Crippen molar-refractivity contribution in [3.63, 3.8) is 0 Å². The summed E-state index contributed by atoms with van der Waals surface area (Å²) < 4.78 is 0. The van der Waals surface area contributed by atoms with Gasteiger partial charge in [-0.1, -0.05) is 13.3 Å². The largest absolute Gasteiger partial charge is 0.345 e. The fourth-order valence-electron chi connectivity index (χ4n) is 3.11. The molecule has 1 fully saturated rings. The van der Waals surface area contributed by atoms with Gasteiger partial charge in [-0.25, -0.2) is 4.98 Å². The van der Waals surface area contributed by atoms with Crippen LogP contribution in [0.3, 0.4) is 0 Å². The Hall–Kier alpha value is -1.75. The zero-order valence-electron chi connectivity index (χ0n) is 13.3. The molecule has 0 bridgehead atoms. The normalized spacial score (nSPS) is 17.0. The Morgan fingerprint density at radius 1 is 1.18 bits per heavy atom. The van der Waals surface area contributed by atoms with Crippen molar-refractivity contribution in [2.24, 2.45) is 0 Å². The fourth-order valence-corrected chi connectivity index (χ4v) is 3.11. The van der Waals surface area contributed by atoms with E-state index < -0.39 is 0 Å². The van der Waals surface area contributed by atoms with Crippen LogP contribution in [0.5, 0.6) is 0 Å². The molecule has 5 heteroatoms. The minimum absolute atomic E-state index is 0.562. The standard InChI is InChI=1S/C17H25N5/c1-2-3-4-17-20-11-15(21-17)13-22-9-5-14(6-10-22)16-12-18-7-8-19-16/h7-8,11-12,14H,2-6,9-10,13H2,1H3,(H,20,21). The highest BCUT2D eigenvalue weighted by Gasteiger charge is 2.22. The first kappa shape index (κ1) is 15.2. The maximum atomic E-state index is 4.48. The lowest BCUT2D eigenvalue weighted by molar-refractivity contribution is 0.201. The molecule has 0 saturated carbocycles. The van der Waals surface area contributed by atoms with Gasteiger partial charge in [-0.15, -0.1) is 0 Å². The lowest BCUT2D eigenvalue weighted by atomic mass is 9.94. The van der Waals surface area contributed by atoms with E-state index in [0.717, 1.165) is 50.4 Å². The number of nitrogens with one attached hydrogen (secondary N) is 1. The van der Waals surface area contributed by atoms with E-state index in [2.05, 4.69) is 31.8 Å². The second-order valence-electron chi connectivity index (χ2n) is 6.14. The van der Waals surface area contributed by atoms with Gasteiger partial charge in [0.2, 0.25) is 0 Å². The summed E-state index contributed by atoms with van der Waals surface area (Å²) in [6.07, 6.45) is 13.3. The van der Waals surface area contributed by atoms with Crippen LogP contribution < -0.4 is 0 Å². The molecule has 0 aromatic carbocycles. The van der Waals surface area contributed by atoms with Crippen LogP contribution in [0, 0.1) is 0 Å². The van der Waals surface area contributed by atoms with Crippen molar-refractivity contribution in [2.75, 3.05) is 13.1 Å². The molecule has 3 heterocycles. The number of hydrogen-bond donors (Lipinski definition) is 1. The number of nitrogens with zero attached hydrogens (tertiary/aromatic N) is 4. The van der Waals surface area contributed by atoms with Gasteiger partial charge in [-0.05, 0) is 32.4 Å². The molecule has 3 rings (SSSR count). The SMILES string of the molecule is CCCCc1ncc(CN2CCC(c3cnccn3)CC2)[nH]1. The van der Waals surface area contributed by atoms with E-state index in [4.69, 9.17) is 0 Å². The maximum Gasteiger partial charge on any atom is 0.106 e. The molecule has 0 aliphatic carbocycles. The van der Waals surface area contributed by atoms with Gasteiger partial charge < -0.3 is 4.98 Å². The van der Waals surface area contributed by atoms with Gasteiger partial charge in [-0.3, -0.25) is 14.9 Å². The molecule has 0 radical (unpaired) electrons. The average Bonchev–Trinajstić information content (AvgIpc) is 3.02. The molecule has 2 aromatic rings. The quantitative estimate of drug-likeness (QED) is 0.891. The van der Waals surface area contributed by atoms with E-state index >= 15 is 0 Å². The number of aromatic nitrogens is 4. The molecule has 1 aliphatic heterocycles. The summed E-state index contributed by atoms with van der Waals surface area (Å²) in [7, 11) is 0. The average molecular weight is 299 g/mol. The number of rotatable bonds is 6. The number of piperidine rings is 1. The second-order valence-corrected chi connectivity index (χ2v) is 6.14. The number of aromatic amines is 1. The molecular formula is C17H25N5. The third-order valence-corrected chi connectivity index (χ3v) is 4.43. The molecule has 1 aliphatic rings. The first-order valence-corrected chi connectivity index (χ1v) is 8.36. The highest BCUT2D eigenvalue weighted by Crippen LogP contribution is 2.26. The van der Waals surface area contributed by atoms with E-state index in [0.29, 0.717) is 5.92 Å². The zero-order valence-corrected chi connectivity index (χ0v) is 13.3. The summed E-state index contributed by atoms with van der Waals surface area (Å²) in [5.41, 5.74) is 2.38. The molecule has 118 valence electrons. The summed E-state index contributed by atoms with van der Waals surface area (Å²) >= 11 is 0. The van der Waals surface area contributed by atoms with Crippen LogP contribution in [-0.2, 0) is 13.0 Å². The van der Waals surface area contributed by atoms with Gasteiger partial charge in [-0.2, -0.15) is 0 Å². The fraction of sp³-hybridized carbons (Fsp3) is 0.588. The van der Waals surface area contributed by atoms with Crippen molar-refractivity contribution in [3.05, 3.63) is 42.0 Å². The van der Waals surface area contributed by atoms with Crippen LogP contribution in [0.1, 0.15) is 55.7 Å². The van der Waals surface area contributed by atoms with E-state index in [1.165, 1.54) is 18.5 Å². The van der Waals surface area contributed by atoms with Gasteiger partial charge in [0.25, 0.3) is 0 Å². The number of aryl methyl sites for hydroxylation is 1. The summed E-state index contributed by atoms with van der Waals surface area (Å²) in [6, 6.07) is 0. The minimum Gasteiger partial charge on any atom is -0.345 e. The Kier molecular flexibility index (Phi) is 5.16. The Morgan fingerprint density at radius 3 is 2.77 bits per heavy atom. The lowest BCUT2D eigenvalue weighted by Gasteiger charge is -2.31. The lowest BCUT2D eigenvalue weighted by Crippen LogP contribution is -2.32. The number of H-pyrrole nitrogens is 1. The third-order valence-electron chi connectivity index (χ3n) is 4.43. The molecule has 1 N–H and O–H groups in total. The first-order valence-electron chi connectivity index (χ1n) is 8.36. The van der Waals surface area contributed by atoms with Gasteiger partial charge in [0.1, 0.15) is 5.82 Å². The molecule has 2 aromatic heterocycles. The molecule has 5 nitrogen and oxygen atoms in total. The van der Waals surface area contributed by atoms with Crippen LogP contribution in [0.15, 0.2) is 24.8 Å². The monoisotopic (exact) mass is 299 g/mol. The Morgan fingerprint density at radius 2 is 2.05 bits per heavy atom. The van der Waals surface area contributed by atoms with Crippen molar-refractivity contribution >= 4 is 0 Å². The zero-order chi connectivity index (χ0) is 15.2. The van der Waals surface area contributed by atoms with Crippen molar-refractivity contribution < 1.29 is 0 Å². The Bertz CT molecular complexity index is 557. The van der Waals surface area contributed by atoms with Crippen molar-refractivity contribution in [1.82, 2.24) is 24.8 Å². The Labute approximate surface area is 132 Å². The van der Waals surface area contributed by atoms with E-state index in [1.54, 1.807) is 12.4 Å². The van der Waals surface area contributed by atoms with Crippen molar-refractivity contribution in [1.29, 1.82) is 0 Å². The van der Waals surface area contributed by atoms with Crippen molar-refractivity contribution in [3.8, 4) is 0 Å². The predicted molar refractivity (Wildman–Crippen MR) is 86.5 cm³/mol. The smallest absolute Gasteiger partial charge is 0.106 e. The number of likely N-dealkylation sites (tertiary alicyclic amines) is 1. The van der Waals surface area contributed by atoms with Crippen LogP contribution >= 0.6 is 0 Å². The maximum absolute atomic E-state index is 4.48. The first-order chi connectivity index (χ1) is 10.8. The summed E-state index contributed by atoms with van der Waals surface area (Å²) in [5, 5.41) is 0.